The Bertz CT molecular complexity index is 1440. The number of hydrogen-bond acceptors (Lipinski definition) is 8. The second-order valence-corrected chi connectivity index (χ2v) is 9.00. The first-order valence-corrected chi connectivity index (χ1v) is 11.3. The number of rotatable bonds is 9. The van der Waals surface area contributed by atoms with E-state index in [0.717, 1.165) is 0 Å². The Labute approximate surface area is 210 Å². The van der Waals surface area contributed by atoms with Crippen LogP contribution in [0.1, 0.15) is 30.6 Å². The second-order valence-electron chi connectivity index (χ2n) is 8.57. The zero-order valence-electron chi connectivity index (χ0n) is 19.5. The normalized spacial score (nSPS) is 12.3. The summed E-state index contributed by atoms with van der Waals surface area (Å²) in [5.74, 6) is -0.217. The number of carbonyl (C=O) groups is 1. The van der Waals surface area contributed by atoms with Crippen LogP contribution >= 0.6 is 11.6 Å². The fraction of sp³-hybridized carbons (Fsp3) is 0.304. The van der Waals surface area contributed by atoms with Gasteiger partial charge in [-0.15, -0.1) is 0 Å². The van der Waals surface area contributed by atoms with Crippen molar-refractivity contribution in [2.75, 3.05) is 11.9 Å². The second kappa shape index (κ2) is 10.3. The Morgan fingerprint density at radius 2 is 2.06 bits per heavy atom. The Morgan fingerprint density at radius 1 is 1.25 bits per heavy atom. The number of aromatic nitrogens is 6. The third-order valence-corrected chi connectivity index (χ3v) is 5.51. The number of nitrogens with zero attached hydrogens (tertiary/aromatic N) is 7. The highest BCUT2D eigenvalue weighted by Crippen LogP contribution is 2.25. The van der Waals surface area contributed by atoms with E-state index >= 15 is 0 Å². The molecule has 1 atom stereocenters. The zero-order valence-corrected chi connectivity index (χ0v) is 20.2. The third-order valence-electron chi connectivity index (χ3n) is 5.30. The number of halogens is 2. The first kappa shape index (κ1) is 25.0. The van der Waals surface area contributed by atoms with Gasteiger partial charge in [-0.25, -0.2) is 14.4 Å². The summed E-state index contributed by atoms with van der Waals surface area (Å²) in [6.07, 6.45) is 6.30. The average molecular weight is 512 g/mol. The van der Waals surface area contributed by atoms with Crippen LogP contribution in [0, 0.1) is 11.3 Å². The highest BCUT2D eigenvalue weighted by Gasteiger charge is 2.27. The van der Waals surface area contributed by atoms with E-state index in [1.165, 1.54) is 30.9 Å². The molecule has 1 unspecified atom stereocenters. The number of nitrogens with one attached hydrogen (secondary N) is 2. The van der Waals surface area contributed by atoms with Gasteiger partial charge in [0, 0.05) is 30.0 Å². The summed E-state index contributed by atoms with van der Waals surface area (Å²) in [6, 6.07) is 5.39. The lowest BCUT2D eigenvalue weighted by Gasteiger charge is -2.22. The highest BCUT2D eigenvalue weighted by molar-refractivity contribution is 6.31. The van der Waals surface area contributed by atoms with Gasteiger partial charge in [0.1, 0.15) is 6.17 Å². The topological polar surface area (TPSA) is 147 Å². The van der Waals surface area contributed by atoms with Crippen molar-refractivity contribution in [2.45, 2.75) is 38.6 Å². The Balaban J connectivity index is 1.67. The first-order valence-electron chi connectivity index (χ1n) is 11.0. The number of hydrogen-bond donors (Lipinski definition) is 3. The van der Waals surface area contributed by atoms with Crippen molar-refractivity contribution in [3.05, 3.63) is 53.7 Å². The number of nitriles is 1. The number of aryl methyl sites for hydroxylation is 1. The van der Waals surface area contributed by atoms with Crippen LogP contribution in [0.25, 0.3) is 16.9 Å². The summed E-state index contributed by atoms with van der Waals surface area (Å²) in [4.78, 5) is 21.6. The van der Waals surface area contributed by atoms with Crippen molar-refractivity contribution >= 4 is 39.9 Å². The fourth-order valence-corrected chi connectivity index (χ4v) is 3.47. The number of alkyl halides is 1. The SMILES string of the molecule is CC(C)(O)C(F)CNC(=O)c1cnc(-n2ncc3cc(Cl)cnc32)cc1Nc1cnn(CCC#N)c1. The van der Waals surface area contributed by atoms with Gasteiger partial charge in [-0.3, -0.25) is 9.48 Å². The molecule has 0 saturated heterocycles. The molecule has 4 aromatic rings. The maximum Gasteiger partial charge on any atom is 0.255 e. The highest BCUT2D eigenvalue weighted by atomic mass is 35.5. The van der Waals surface area contributed by atoms with Crippen molar-refractivity contribution < 1.29 is 14.3 Å². The Morgan fingerprint density at radius 3 is 2.81 bits per heavy atom. The van der Waals surface area contributed by atoms with Gasteiger partial charge in [0.05, 0.1) is 65.5 Å². The van der Waals surface area contributed by atoms with Crippen molar-refractivity contribution in [3.8, 4) is 11.9 Å². The van der Waals surface area contributed by atoms with Gasteiger partial charge < -0.3 is 15.7 Å². The first-order chi connectivity index (χ1) is 17.2. The number of fused-ring (bicyclic) bond motifs is 1. The molecular weight excluding hydrogens is 489 g/mol. The minimum Gasteiger partial charge on any atom is -0.387 e. The van der Waals surface area contributed by atoms with Gasteiger partial charge in [0.25, 0.3) is 5.91 Å². The van der Waals surface area contributed by atoms with Crippen LogP contribution in [0.3, 0.4) is 0 Å². The predicted octanol–water partition coefficient (Wildman–Crippen LogP) is 3.16. The van der Waals surface area contributed by atoms with Crippen LogP contribution in [0.4, 0.5) is 15.8 Å². The summed E-state index contributed by atoms with van der Waals surface area (Å²) in [5, 5.41) is 34.0. The van der Waals surface area contributed by atoms with Crippen molar-refractivity contribution in [3.63, 3.8) is 0 Å². The molecule has 4 aromatic heterocycles. The lowest BCUT2D eigenvalue weighted by atomic mass is 10.0. The Hall–Kier alpha value is -4.08. The molecule has 186 valence electrons. The van der Waals surface area contributed by atoms with Gasteiger partial charge in [-0.05, 0) is 19.9 Å². The lowest BCUT2D eigenvalue weighted by molar-refractivity contribution is -0.00177. The molecule has 4 heterocycles. The standard InChI is InChI=1S/C23H23ClFN9O2/c1-23(2,36)19(25)12-29-22(35)17-11-27-20(34-21-14(8-31-34)6-15(24)9-28-21)7-18(17)32-16-10-30-33(13-16)5-3-4-26/h6-11,13,19,36H,3,5,12H2,1-2H3,(H,27,32)(H,29,35). The van der Waals surface area contributed by atoms with E-state index in [2.05, 4.69) is 36.9 Å². The van der Waals surface area contributed by atoms with Crippen molar-refractivity contribution in [2.24, 2.45) is 0 Å². The summed E-state index contributed by atoms with van der Waals surface area (Å²) in [5.41, 5.74) is -0.0301. The number of amides is 1. The molecule has 0 bridgehead atoms. The molecule has 36 heavy (non-hydrogen) atoms. The Kier molecular flexibility index (Phi) is 7.14. The van der Waals surface area contributed by atoms with Crippen LogP contribution in [-0.4, -0.2) is 58.9 Å². The van der Waals surface area contributed by atoms with E-state index in [-0.39, 0.29) is 12.1 Å². The monoisotopic (exact) mass is 511 g/mol. The number of aliphatic hydroxyl groups is 1. The summed E-state index contributed by atoms with van der Waals surface area (Å²) in [7, 11) is 0. The molecule has 3 N–H and O–H groups in total. The third kappa shape index (κ3) is 5.59. The molecule has 0 fully saturated rings. The molecule has 4 rings (SSSR count). The summed E-state index contributed by atoms with van der Waals surface area (Å²) < 4.78 is 17.3. The molecule has 0 radical (unpaired) electrons. The van der Waals surface area contributed by atoms with E-state index in [0.29, 0.717) is 46.2 Å². The lowest BCUT2D eigenvalue weighted by Crippen LogP contribution is -2.42. The molecule has 0 spiro atoms. The molecule has 0 saturated carbocycles. The quantitative estimate of drug-likeness (QED) is 0.310. The van der Waals surface area contributed by atoms with Gasteiger partial charge in [0.2, 0.25) is 0 Å². The largest absolute Gasteiger partial charge is 0.387 e. The number of carbonyl (C=O) groups excluding carboxylic acids is 1. The van der Waals surface area contributed by atoms with E-state index < -0.39 is 17.7 Å². The van der Waals surface area contributed by atoms with Crippen LogP contribution in [0.15, 0.2) is 43.1 Å². The van der Waals surface area contributed by atoms with E-state index in [1.54, 1.807) is 35.4 Å². The van der Waals surface area contributed by atoms with Gasteiger partial charge >= 0.3 is 0 Å². The smallest absolute Gasteiger partial charge is 0.255 e. The molecule has 0 aliphatic heterocycles. The van der Waals surface area contributed by atoms with Crippen LogP contribution < -0.4 is 10.6 Å². The predicted molar refractivity (Wildman–Crippen MR) is 131 cm³/mol. The minimum atomic E-state index is -1.67. The molecule has 11 nitrogen and oxygen atoms in total. The van der Waals surface area contributed by atoms with Gasteiger partial charge in [0.15, 0.2) is 11.5 Å². The number of anilines is 2. The molecule has 13 heteroatoms. The molecular formula is C23H23ClFN9O2. The molecule has 0 aliphatic rings. The fourth-order valence-electron chi connectivity index (χ4n) is 3.30. The van der Waals surface area contributed by atoms with E-state index in [1.807, 2.05) is 0 Å². The van der Waals surface area contributed by atoms with Gasteiger partial charge in [-0.1, -0.05) is 11.6 Å². The van der Waals surface area contributed by atoms with E-state index in [4.69, 9.17) is 16.9 Å². The minimum absolute atomic E-state index is 0.138. The van der Waals surface area contributed by atoms with Crippen LogP contribution in [0.2, 0.25) is 5.02 Å². The van der Waals surface area contributed by atoms with Crippen molar-refractivity contribution in [1.29, 1.82) is 5.26 Å². The summed E-state index contributed by atoms with van der Waals surface area (Å²) in [6.45, 7) is 2.68. The molecule has 0 aromatic carbocycles. The maximum absolute atomic E-state index is 14.2. The molecule has 1 amide bonds. The van der Waals surface area contributed by atoms with Crippen LogP contribution in [0.5, 0.6) is 0 Å². The summed E-state index contributed by atoms with van der Waals surface area (Å²) >= 11 is 6.02. The van der Waals surface area contributed by atoms with Gasteiger partial charge in [-0.2, -0.15) is 20.1 Å². The number of pyridine rings is 2. The molecule has 0 aliphatic carbocycles. The average Bonchev–Trinajstić information content (AvgIpc) is 3.46. The van der Waals surface area contributed by atoms with Crippen molar-refractivity contribution in [1.82, 2.24) is 34.8 Å². The zero-order chi connectivity index (χ0) is 25.9. The maximum atomic E-state index is 14.2. The van der Waals surface area contributed by atoms with Crippen LogP contribution in [-0.2, 0) is 6.54 Å². The van der Waals surface area contributed by atoms with E-state index in [9.17, 15) is 14.3 Å².